The summed E-state index contributed by atoms with van der Waals surface area (Å²) in [5, 5.41) is 7.19. The van der Waals surface area contributed by atoms with Crippen LogP contribution in [-0.2, 0) is 0 Å². The molecule has 45 heavy (non-hydrogen) atoms. The van der Waals surface area contributed by atoms with Crippen LogP contribution in [0.1, 0.15) is 0 Å². The van der Waals surface area contributed by atoms with Crippen LogP contribution in [0.4, 0.5) is 0 Å². The molecule has 4 nitrogen and oxygen atoms in total. The molecule has 9 rings (SSSR count). The second kappa shape index (κ2) is 10.2. The standard InChI is InChI=1S/C41H26N4/c1-2-12-29(13-3-1)39-42-40(30-23-21-28(22-24-30)34-19-10-16-27-11-6-7-17-33(27)34)44-41(43-39)45-37-20-9-8-18-35(37)36-25-31-14-4-5-15-32(31)26-38(36)45/h1-26H. The van der Waals surface area contributed by atoms with Crippen LogP contribution >= 0.6 is 0 Å². The Morgan fingerprint density at radius 3 is 1.71 bits per heavy atom. The number of aromatic nitrogens is 4. The summed E-state index contributed by atoms with van der Waals surface area (Å²) in [5.74, 6) is 1.87. The molecule has 7 aromatic carbocycles. The molecule has 0 spiro atoms. The molecule has 0 fully saturated rings. The molecule has 9 aromatic rings. The van der Waals surface area contributed by atoms with Crippen molar-refractivity contribution in [2.24, 2.45) is 0 Å². The fourth-order valence-electron chi connectivity index (χ4n) is 6.46. The molecule has 0 bridgehead atoms. The Morgan fingerprint density at radius 1 is 0.356 bits per heavy atom. The van der Waals surface area contributed by atoms with Crippen molar-refractivity contribution in [3.05, 3.63) is 158 Å². The van der Waals surface area contributed by atoms with Crippen molar-refractivity contribution in [3.8, 4) is 39.9 Å². The van der Waals surface area contributed by atoms with E-state index in [1.165, 1.54) is 37.9 Å². The molecule has 0 unspecified atom stereocenters. The van der Waals surface area contributed by atoms with Crippen LogP contribution in [-0.4, -0.2) is 19.5 Å². The number of rotatable bonds is 4. The van der Waals surface area contributed by atoms with Gasteiger partial charge in [-0.1, -0.05) is 140 Å². The molecule has 2 aromatic heterocycles. The third-order valence-corrected chi connectivity index (χ3v) is 8.64. The minimum absolute atomic E-state index is 0.596. The van der Waals surface area contributed by atoms with E-state index < -0.39 is 0 Å². The van der Waals surface area contributed by atoms with Gasteiger partial charge in [-0.15, -0.1) is 0 Å². The first kappa shape index (κ1) is 25.4. The molecular formula is C41H26N4. The molecule has 0 aliphatic carbocycles. The van der Waals surface area contributed by atoms with Crippen molar-refractivity contribution in [1.29, 1.82) is 0 Å². The van der Waals surface area contributed by atoms with E-state index in [1.54, 1.807) is 0 Å². The summed E-state index contributed by atoms with van der Waals surface area (Å²) < 4.78 is 2.18. The highest BCUT2D eigenvalue weighted by Gasteiger charge is 2.18. The Morgan fingerprint density at radius 2 is 0.933 bits per heavy atom. The molecule has 210 valence electrons. The number of hydrogen-bond acceptors (Lipinski definition) is 3. The summed E-state index contributed by atoms with van der Waals surface area (Å²) >= 11 is 0. The van der Waals surface area contributed by atoms with Crippen LogP contribution in [0.2, 0.25) is 0 Å². The molecule has 0 atom stereocenters. The lowest BCUT2D eigenvalue weighted by molar-refractivity contribution is 0.954. The molecule has 0 saturated heterocycles. The van der Waals surface area contributed by atoms with E-state index in [2.05, 4.69) is 132 Å². The summed E-state index contributed by atoms with van der Waals surface area (Å²) in [7, 11) is 0. The van der Waals surface area contributed by atoms with E-state index >= 15 is 0 Å². The first-order valence-corrected chi connectivity index (χ1v) is 15.1. The van der Waals surface area contributed by atoms with Gasteiger partial charge in [-0.3, -0.25) is 4.57 Å². The SMILES string of the molecule is c1ccc(-c2nc(-c3ccc(-c4cccc5ccccc45)cc3)nc(-n3c4ccccc4c4cc5ccccc5cc43)n2)cc1. The third-order valence-electron chi connectivity index (χ3n) is 8.64. The highest BCUT2D eigenvalue weighted by molar-refractivity contribution is 6.13. The van der Waals surface area contributed by atoms with Crippen LogP contribution in [0.3, 0.4) is 0 Å². The van der Waals surface area contributed by atoms with Gasteiger partial charge in [0.1, 0.15) is 0 Å². The van der Waals surface area contributed by atoms with E-state index in [0.717, 1.165) is 27.7 Å². The number of hydrogen-bond donors (Lipinski definition) is 0. The van der Waals surface area contributed by atoms with Gasteiger partial charge in [0.05, 0.1) is 11.0 Å². The van der Waals surface area contributed by atoms with Gasteiger partial charge in [-0.25, -0.2) is 4.98 Å². The van der Waals surface area contributed by atoms with Gasteiger partial charge in [0.2, 0.25) is 5.95 Å². The van der Waals surface area contributed by atoms with Crippen molar-refractivity contribution in [3.63, 3.8) is 0 Å². The average molecular weight is 575 g/mol. The molecule has 0 aliphatic heterocycles. The lowest BCUT2D eigenvalue weighted by atomic mass is 9.97. The third kappa shape index (κ3) is 4.27. The van der Waals surface area contributed by atoms with Gasteiger partial charge < -0.3 is 0 Å². The van der Waals surface area contributed by atoms with Crippen molar-refractivity contribution in [1.82, 2.24) is 19.5 Å². The van der Waals surface area contributed by atoms with Crippen LogP contribution in [0, 0.1) is 0 Å². The number of nitrogens with zero attached hydrogens (tertiary/aromatic N) is 4. The summed E-state index contributed by atoms with van der Waals surface area (Å²) in [5.41, 5.74) is 6.37. The second-order valence-electron chi connectivity index (χ2n) is 11.3. The molecule has 0 aliphatic rings. The molecule has 0 amide bonds. The van der Waals surface area contributed by atoms with Gasteiger partial charge >= 0.3 is 0 Å². The maximum atomic E-state index is 5.15. The summed E-state index contributed by atoms with van der Waals surface area (Å²) in [4.78, 5) is 15.2. The van der Waals surface area contributed by atoms with Gasteiger partial charge in [0, 0.05) is 21.9 Å². The first-order chi connectivity index (χ1) is 22.3. The maximum Gasteiger partial charge on any atom is 0.238 e. The fraction of sp³-hybridized carbons (Fsp3) is 0. The minimum atomic E-state index is 0.596. The molecule has 0 saturated carbocycles. The number of para-hydroxylation sites is 1. The predicted octanol–water partition coefficient (Wildman–Crippen LogP) is 10.3. The monoisotopic (exact) mass is 574 g/mol. The van der Waals surface area contributed by atoms with Crippen molar-refractivity contribution in [2.75, 3.05) is 0 Å². The molecule has 0 radical (unpaired) electrons. The predicted molar refractivity (Wildman–Crippen MR) is 185 cm³/mol. The first-order valence-electron chi connectivity index (χ1n) is 15.1. The highest BCUT2D eigenvalue weighted by Crippen LogP contribution is 2.35. The lowest BCUT2D eigenvalue weighted by Gasteiger charge is -2.12. The smallest absolute Gasteiger partial charge is 0.238 e. The maximum absolute atomic E-state index is 5.15. The largest absolute Gasteiger partial charge is 0.278 e. The zero-order valence-corrected chi connectivity index (χ0v) is 24.3. The van der Waals surface area contributed by atoms with Crippen LogP contribution in [0.5, 0.6) is 0 Å². The summed E-state index contributed by atoms with van der Waals surface area (Å²) in [6.45, 7) is 0. The van der Waals surface area contributed by atoms with Crippen LogP contribution < -0.4 is 0 Å². The Kier molecular flexibility index (Phi) is 5.78. The summed E-state index contributed by atoms with van der Waals surface area (Å²) in [6, 6.07) is 55.1. The Labute approximate surface area is 259 Å². The van der Waals surface area contributed by atoms with Crippen molar-refractivity contribution < 1.29 is 0 Å². The van der Waals surface area contributed by atoms with E-state index in [-0.39, 0.29) is 0 Å². The van der Waals surface area contributed by atoms with Gasteiger partial charge in [0.15, 0.2) is 11.6 Å². The minimum Gasteiger partial charge on any atom is -0.278 e. The highest BCUT2D eigenvalue weighted by atomic mass is 15.2. The molecular weight excluding hydrogens is 548 g/mol. The number of benzene rings is 7. The quantitative estimate of drug-likeness (QED) is 0.210. The second-order valence-corrected chi connectivity index (χ2v) is 11.3. The Hall–Kier alpha value is -6.13. The molecule has 0 N–H and O–H groups in total. The lowest BCUT2D eigenvalue weighted by Crippen LogP contribution is -2.06. The Bertz CT molecular complexity index is 2520. The van der Waals surface area contributed by atoms with Gasteiger partial charge in [-0.05, 0) is 50.9 Å². The van der Waals surface area contributed by atoms with Crippen molar-refractivity contribution >= 4 is 43.4 Å². The Balaban J connectivity index is 1.26. The van der Waals surface area contributed by atoms with Gasteiger partial charge in [0.25, 0.3) is 0 Å². The zero-order valence-electron chi connectivity index (χ0n) is 24.3. The van der Waals surface area contributed by atoms with Crippen LogP contribution in [0.15, 0.2) is 158 Å². The van der Waals surface area contributed by atoms with Gasteiger partial charge in [-0.2, -0.15) is 9.97 Å². The molecule has 2 heterocycles. The van der Waals surface area contributed by atoms with E-state index in [9.17, 15) is 0 Å². The van der Waals surface area contributed by atoms with E-state index in [1.807, 2.05) is 30.3 Å². The zero-order chi connectivity index (χ0) is 29.7. The average Bonchev–Trinajstić information content (AvgIpc) is 3.44. The topological polar surface area (TPSA) is 43.6 Å². The van der Waals surface area contributed by atoms with E-state index in [0.29, 0.717) is 17.6 Å². The number of fused-ring (bicyclic) bond motifs is 5. The van der Waals surface area contributed by atoms with E-state index in [4.69, 9.17) is 15.0 Å². The van der Waals surface area contributed by atoms with Crippen molar-refractivity contribution in [2.45, 2.75) is 0 Å². The molecule has 4 heteroatoms. The van der Waals surface area contributed by atoms with Crippen LogP contribution in [0.25, 0.3) is 83.2 Å². The normalized spacial score (nSPS) is 11.6. The fourth-order valence-corrected chi connectivity index (χ4v) is 6.46. The summed E-state index contributed by atoms with van der Waals surface area (Å²) in [6.07, 6.45) is 0.